The van der Waals surface area contributed by atoms with Crippen LogP contribution < -0.4 is 16.8 Å². The van der Waals surface area contributed by atoms with Crippen molar-refractivity contribution in [1.29, 1.82) is 0 Å². The number of hydrogen-bond donors (Lipinski definition) is 3. The molecule has 4 heteroatoms. The molecular weight excluding hydrogens is 238 g/mol. The SMILES string of the molecule is CC1(C)CCC(Nc2ccc(C(N)=O)cc2N)CC1. The number of carbonyl (C=O) groups is 1. The summed E-state index contributed by atoms with van der Waals surface area (Å²) in [7, 11) is 0. The minimum absolute atomic E-state index is 0.447. The number of amides is 1. The fourth-order valence-electron chi connectivity index (χ4n) is 2.61. The fraction of sp³-hybridized carbons (Fsp3) is 0.533. The quantitative estimate of drug-likeness (QED) is 0.732. The molecule has 5 N–H and O–H groups in total. The first-order valence-electron chi connectivity index (χ1n) is 6.83. The van der Waals surface area contributed by atoms with Gasteiger partial charge in [0, 0.05) is 11.6 Å². The van der Waals surface area contributed by atoms with Crippen LogP contribution in [0.5, 0.6) is 0 Å². The smallest absolute Gasteiger partial charge is 0.248 e. The van der Waals surface area contributed by atoms with Crippen LogP contribution in [0.3, 0.4) is 0 Å². The molecule has 0 aliphatic heterocycles. The van der Waals surface area contributed by atoms with E-state index in [1.165, 1.54) is 12.8 Å². The maximum Gasteiger partial charge on any atom is 0.248 e. The molecule has 0 radical (unpaired) electrons. The Morgan fingerprint density at radius 2 is 1.95 bits per heavy atom. The number of anilines is 2. The number of carbonyl (C=O) groups excluding carboxylic acids is 1. The van der Waals surface area contributed by atoms with Gasteiger partial charge < -0.3 is 16.8 Å². The zero-order valence-corrected chi connectivity index (χ0v) is 11.7. The normalized spacial score (nSPS) is 19.1. The Labute approximate surface area is 114 Å². The molecule has 1 aliphatic rings. The Bertz CT molecular complexity index is 472. The van der Waals surface area contributed by atoms with Crippen molar-refractivity contribution >= 4 is 17.3 Å². The number of hydrogen-bond acceptors (Lipinski definition) is 3. The summed E-state index contributed by atoms with van der Waals surface area (Å²) in [5, 5.41) is 3.48. The third-order valence-electron chi connectivity index (χ3n) is 4.03. The van der Waals surface area contributed by atoms with Crippen molar-refractivity contribution in [1.82, 2.24) is 0 Å². The third-order valence-corrected chi connectivity index (χ3v) is 4.03. The van der Waals surface area contributed by atoms with Gasteiger partial charge in [-0.15, -0.1) is 0 Å². The lowest BCUT2D eigenvalue weighted by molar-refractivity contribution is 0.100. The standard InChI is InChI=1S/C15H23N3O/c1-15(2)7-5-11(6-8-15)18-13-4-3-10(14(17)19)9-12(13)16/h3-4,9,11,18H,5-8,16H2,1-2H3,(H2,17,19). The van der Waals surface area contributed by atoms with E-state index < -0.39 is 5.91 Å². The van der Waals surface area contributed by atoms with E-state index in [1.54, 1.807) is 12.1 Å². The van der Waals surface area contributed by atoms with Gasteiger partial charge in [0.05, 0.1) is 11.4 Å². The van der Waals surface area contributed by atoms with Gasteiger partial charge >= 0.3 is 0 Å². The van der Waals surface area contributed by atoms with Crippen molar-refractivity contribution in [3.05, 3.63) is 23.8 Å². The highest BCUT2D eigenvalue weighted by Gasteiger charge is 2.26. The average Bonchev–Trinajstić information content (AvgIpc) is 2.34. The predicted octanol–water partition coefficient (Wildman–Crippen LogP) is 2.75. The summed E-state index contributed by atoms with van der Waals surface area (Å²) < 4.78 is 0. The molecule has 1 amide bonds. The molecule has 1 aliphatic carbocycles. The first-order valence-corrected chi connectivity index (χ1v) is 6.83. The highest BCUT2D eigenvalue weighted by Crippen LogP contribution is 2.36. The average molecular weight is 261 g/mol. The van der Waals surface area contributed by atoms with E-state index in [-0.39, 0.29) is 0 Å². The molecule has 0 spiro atoms. The lowest BCUT2D eigenvalue weighted by Crippen LogP contribution is -2.30. The molecule has 1 saturated carbocycles. The van der Waals surface area contributed by atoms with Crippen LogP contribution in [-0.4, -0.2) is 11.9 Å². The van der Waals surface area contributed by atoms with Gasteiger partial charge in [-0.2, -0.15) is 0 Å². The number of nitrogens with one attached hydrogen (secondary N) is 1. The Kier molecular flexibility index (Phi) is 3.69. The van der Waals surface area contributed by atoms with Crippen LogP contribution in [0.1, 0.15) is 49.9 Å². The first-order chi connectivity index (χ1) is 8.87. The summed E-state index contributed by atoms with van der Waals surface area (Å²) in [4.78, 5) is 11.1. The van der Waals surface area contributed by atoms with E-state index >= 15 is 0 Å². The highest BCUT2D eigenvalue weighted by molar-refractivity contribution is 5.94. The van der Waals surface area contributed by atoms with Crippen LogP contribution in [0.15, 0.2) is 18.2 Å². The molecule has 104 valence electrons. The van der Waals surface area contributed by atoms with E-state index in [9.17, 15) is 4.79 Å². The van der Waals surface area contributed by atoms with Crippen molar-refractivity contribution in [3.8, 4) is 0 Å². The largest absolute Gasteiger partial charge is 0.397 e. The summed E-state index contributed by atoms with van der Waals surface area (Å²) in [6.07, 6.45) is 4.77. The zero-order chi connectivity index (χ0) is 14.0. The summed E-state index contributed by atoms with van der Waals surface area (Å²) >= 11 is 0. The lowest BCUT2D eigenvalue weighted by Gasteiger charge is -2.35. The molecule has 4 nitrogen and oxygen atoms in total. The van der Waals surface area contributed by atoms with Gasteiger partial charge in [0.25, 0.3) is 0 Å². The number of rotatable bonds is 3. The number of nitrogen functional groups attached to an aromatic ring is 1. The Morgan fingerprint density at radius 1 is 1.32 bits per heavy atom. The second-order valence-corrected chi connectivity index (χ2v) is 6.25. The Morgan fingerprint density at radius 3 is 2.47 bits per heavy atom. The molecule has 2 rings (SSSR count). The molecule has 0 atom stereocenters. The van der Waals surface area contributed by atoms with Gasteiger partial charge in [-0.25, -0.2) is 0 Å². The Hall–Kier alpha value is -1.71. The maximum absolute atomic E-state index is 11.1. The fourth-order valence-corrected chi connectivity index (χ4v) is 2.61. The van der Waals surface area contributed by atoms with Gasteiger partial charge in [-0.1, -0.05) is 13.8 Å². The maximum atomic E-state index is 11.1. The van der Waals surface area contributed by atoms with Crippen molar-refractivity contribution in [3.63, 3.8) is 0 Å². The number of nitrogens with two attached hydrogens (primary N) is 2. The molecule has 0 unspecified atom stereocenters. The minimum Gasteiger partial charge on any atom is -0.397 e. The molecule has 19 heavy (non-hydrogen) atoms. The monoisotopic (exact) mass is 261 g/mol. The lowest BCUT2D eigenvalue weighted by atomic mass is 9.75. The van der Waals surface area contributed by atoms with Crippen LogP contribution in [0.4, 0.5) is 11.4 Å². The van der Waals surface area contributed by atoms with Gasteiger partial charge in [-0.05, 0) is 49.3 Å². The second-order valence-electron chi connectivity index (χ2n) is 6.25. The topological polar surface area (TPSA) is 81.1 Å². The van der Waals surface area contributed by atoms with E-state index in [4.69, 9.17) is 11.5 Å². The van der Waals surface area contributed by atoms with Gasteiger partial charge in [0.15, 0.2) is 0 Å². The highest BCUT2D eigenvalue weighted by atomic mass is 16.1. The van der Waals surface area contributed by atoms with Crippen LogP contribution >= 0.6 is 0 Å². The van der Waals surface area contributed by atoms with Crippen molar-refractivity contribution < 1.29 is 4.79 Å². The molecule has 0 bridgehead atoms. The third kappa shape index (κ3) is 3.40. The minimum atomic E-state index is -0.447. The molecule has 0 aromatic heterocycles. The molecular formula is C15H23N3O. The molecule has 1 aromatic rings. The summed E-state index contributed by atoms with van der Waals surface area (Å²) in [6.45, 7) is 4.64. The van der Waals surface area contributed by atoms with Gasteiger partial charge in [0.1, 0.15) is 0 Å². The van der Waals surface area contributed by atoms with E-state index in [0.29, 0.717) is 22.7 Å². The van der Waals surface area contributed by atoms with Crippen molar-refractivity contribution in [2.45, 2.75) is 45.6 Å². The van der Waals surface area contributed by atoms with Crippen molar-refractivity contribution in [2.24, 2.45) is 11.1 Å². The number of primary amides is 1. The van der Waals surface area contributed by atoms with Crippen LogP contribution in [0, 0.1) is 5.41 Å². The van der Waals surface area contributed by atoms with Crippen molar-refractivity contribution in [2.75, 3.05) is 11.1 Å². The molecule has 1 aromatic carbocycles. The van der Waals surface area contributed by atoms with Crippen LogP contribution in [0.2, 0.25) is 0 Å². The Balaban J connectivity index is 2.02. The van der Waals surface area contributed by atoms with Gasteiger partial charge in [-0.3, -0.25) is 4.79 Å². The van der Waals surface area contributed by atoms with E-state index in [2.05, 4.69) is 19.2 Å². The van der Waals surface area contributed by atoms with Crippen LogP contribution in [0.25, 0.3) is 0 Å². The van der Waals surface area contributed by atoms with Crippen LogP contribution in [-0.2, 0) is 0 Å². The van der Waals surface area contributed by atoms with E-state index in [1.807, 2.05) is 6.07 Å². The van der Waals surface area contributed by atoms with E-state index in [0.717, 1.165) is 18.5 Å². The molecule has 0 saturated heterocycles. The first kappa shape index (κ1) is 13.7. The summed E-state index contributed by atoms with van der Waals surface area (Å²) in [5.41, 5.74) is 13.6. The zero-order valence-electron chi connectivity index (χ0n) is 11.7. The second kappa shape index (κ2) is 5.11. The molecule has 1 fully saturated rings. The predicted molar refractivity (Wildman–Crippen MR) is 79.0 cm³/mol. The summed E-state index contributed by atoms with van der Waals surface area (Å²) in [6, 6.07) is 5.66. The van der Waals surface area contributed by atoms with Gasteiger partial charge in [0.2, 0.25) is 5.91 Å². The summed E-state index contributed by atoms with van der Waals surface area (Å²) in [5.74, 6) is -0.447. The number of benzene rings is 1. The molecule has 0 heterocycles.